The van der Waals surface area contributed by atoms with Crippen LogP contribution in [0, 0.1) is 0 Å². The Labute approximate surface area is 76.2 Å². The van der Waals surface area contributed by atoms with Gasteiger partial charge in [-0.3, -0.25) is 0 Å². The third kappa shape index (κ3) is 1.93. The Morgan fingerprint density at radius 1 is 1.62 bits per heavy atom. The Hall–Kier alpha value is -1.20. The van der Waals surface area contributed by atoms with Crippen LogP contribution >= 0.6 is 0 Å². The third-order valence-corrected chi connectivity index (χ3v) is 2.09. The molecule has 0 spiro atoms. The Kier molecular flexibility index (Phi) is 2.12. The highest BCUT2D eigenvalue weighted by molar-refractivity contribution is 5.32. The zero-order chi connectivity index (χ0) is 9.15. The lowest BCUT2D eigenvalue weighted by Crippen LogP contribution is -2.63. The van der Waals surface area contributed by atoms with Crippen LogP contribution in [0.1, 0.15) is 0 Å². The lowest BCUT2D eigenvalue weighted by Gasteiger charge is -2.37. The molecule has 13 heavy (non-hydrogen) atoms. The molecular formula is C8H12N4O. The lowest BCUT2D eigenvalue weighted by molar-refractivity contribution is 0.00306. The highest BCUT2D eigenvalue weighted by atomic mass is 16.3. The van der Waals surface area contributed by atoms with Crippen molar-refractivity contribution >= 4 is 5.82 Å². The standard InChI is InChI=1S/C8H12N4O/c13-8(3-10-4-8)5-11-7-1-2-9-6-12-7/h1-2,6,10,13H,3-5H2,(H,9,11,12). The molecule has 0 radical (unpaired) electrons. The van der Waals surface area contributed by atoms with Crippen LogP contribution in [0.5, 0.6) is 0 Å². The molecule has 1 aliphatic rings. The molecule has 5 heteroatoms. The number of aliphatic hydroxyl groups is 1. The number of aromatic nitrogens is 2. The van der Waals surface area contributed by atoms with Crippen LogP contribution in [-0.4, -0.2) is 40.3 Å². The van der Waals surface area contributed by atoms with Crippen molar-refractivity contribution in [3.05, 3.63) is 18.6 Å². The highest BCUT2D eigenvalue weighted by Crippen LogP contribution is 2.10. The number of anilines is 1. The number of hydrogen-bond donors (Lipinski definition) is 3. The maximum absolute atomic E-state index is 9.70. The van der Waals surface area contributed by atoms with Gasteiger partial charge in [-0.1, -0.05) is 0 Å². The molecule has 0 atom stereocenters. The number of rotatable bonds is 3. The van der Waals surface area contributed by atoms with Crippen molar-refractivity contribution in [2.75, 3.05) is 25.0 Å². The van der Waals surface area contributed by atoms with Gasteiger partial charge in [0.1, 0.15) is 17.7 Å². The first-order valence-electron chi connectivity index (χ1n) is 4.22. The van der Waals surface area contributed by atoms with Gasteiger partial charge >= 0.3 is 0 Å². The molecule has 5 nitrogen and oxygen atoms in total. The van der Waals surface area contributed by atoms with Gasteiger partial charge in [0, 0.05) is 25.8 Å². The van der Waals surface area contributed by atoms with E-state index in [2.05, 4.69) is 20.6 Å². The van der Waals surface area contributed by atoms with Crippen LogP contribution in [-0.2, 0) is 0 Å². The number of nitrogens with one attached hydrogen (secondary N) is 2. The predicted octanol–water partition coefficient (Wildman–Crippen LogP) is -0.777. The van der Waals surface area contributed by atoms with E-state index in [1.165, 1.54) is 6.33 Å². The number of nitrogens with zero attached hydrogens (tertiary/aromatic N) is 2. The van der Waals surface area contributed by atoms with E-state index >= 15 is 0 Å². The van der Waals surface area contributed by atoms with Crippen LogP contribution in [0.25, 0.3) is 0 Å². The fraction of sp³-hybridized carbons (Fsp3) is 0.500. The summed E-state index contributed by atoms with van der Waals surface area (Å²) in [7, 11) is 0. The van der Waals surface area contributed by atoms with Gasteiger partial charge in [0.2, 0.25) is 0 Å². The summed E-state index contributed by atoms with van der Waals surface area (Å²) >= 11 is 0. The van der Waals surface area contributed by atoms with Gasteiger partial charge in [0.15, 0.2) is 0 Å². The van der Waals surface area contributed by atoms with Gasteiger partial charge in [0.25, 0.3) is 0 Å². The monoisotopic (exact) mass is 180 g/mol. The van der Waals surface area contributed by atoms with Crippen molar-refractivity contribution in [2.24, 2.45) is 0 Å². The summed E-state index contributed by atoms with van der Waals surface area (Å²) < 4.78 is 0. The maximum atomic E-state index is 9.70. The second kappa shape index (κ2) is 3.27. The van der Waals surface area contributed by atoms with Gasteiger partial charge in [-0.25, -0.2) is 9.97 Å². The van der Waals surface area contributed by atoms with Crippen LogP contribution < -0.4 is 10.6 Å². The molecule has 0 unspecified atom stereocenters. The van der Waals surface area contributed by atoms with Gasteiger partial charge in [-0.2, -0.15) is 0 Å². The molecule has 0 aliphatic carbocycles. The minimum atomic E-state index is -0.606. The first-order valence-corrected chi connectivity index (χ1v) is 4.22. The summed E-state index contributed by atoms with van der Waals surface area (Å²) in [5.41, 5.74) is -0.606. The second-order valence-corrected chi connectivity index (χ2v) is 3.28. The normalized spacial score (nSPS) is 19.2. The molecule has 0 aromatic carbocycles. The molecule has 1 aromatic rings. The van der Waals surface area contributed by atoms with Gasteiger partial charge in [-0.15, -0.1) is 0 Å². The largest absolute Gasteiger partial charge is 0.385 e. The molecular weight excluding hydrogens is 168 g/mol. The maximum Gasteiger partial charge on any atom is 0.129 e. The quantitative estimate of drug-likeness (QED) is 0.569. The molecule has 1 aromatic heterocycles. The summed E-state index contributed by atoms with van der Waals surface area (Å²) in [5, 5.41) is 15.8. The molecule has 0 bridgehead atoms. The first-order chi connectivity index (χ1) is 6.29. The minimum absolute atomic E-state index is 0.525. The van der Waals surface area contributed by atoms with Gasteiger partial charge in [-0.05, 0) is 6.07 Å². The number of β-amino-alcohol motifs (C(OH)–C–C–N with tert-alkyl or cyclic N) is 1. The fourth-order valence-corrected chi connectivity index (χ4v) is 1.19. The third-order valence-electron chi connectivity index (χ3n) is 2.09. The summed E-state index contributed by atoms with van der Waals surface area (Å²) in [6.07, 6.45) is 3.14. The van der Waals surface area contributed by atoms with E-state index in [1.54, 1.807) is 12.3 Å². The highest BCUT2D eigenvalue weighted by Gasteiger charge is 2.33. The average Bonchev–Trinajstić information content (AvgIpc) is 2.13. The summed E-state index contributed by atoms with van der Waals surface area (Å²) in [6.45, 7) is 1.81. The topological polar surface area (TPSA) is 70.1 Å². The van der Waals surface area contributed by atoms with Crippen molar-refractivity contribution in [1.29, 1.82) is 0 Å². The minimum Gasteiger partial charge on any atom is -0.385 e. The molecule has 3 N–H and O–H groups in total. The van der Waals surface area contributed by atoms with Crippen LogP contribution in [0.15, 0.2) is 18.6 Å². The molecule has 0 saturated carbocycles. The molecule has 1 aliphatic heterocycles. The molecule has 2 heterocycles. The summed E-state index contributed by atoms with van der Waals surface area (Å²) in [6, 6.07) is 1.77. The van der Waals surface area contributed by atoms with Crippen molar-refractivity contribution in [1.82, 2.24) is 15.3 Å². The zero-order valence-electron chi connectivity index (χ0n) is 7.20. The Bertz CT molecular complexity index is 273. The van der Waals surface area contributed by atoms with E-state index in [4.69, 9.17) is 0 Å². The van der Waals surface area contributed by atoms with Crippen LogP contribution in [0.4, 0.5) is 5.82 Å². The molecule has 0 amide bonds. The van der Waals surface area contributed by atoms with E-state index in [1.807, 2.05) is 0 Å². The lowest BCUT2D eigenvalue weighted by atomic mass is 9.97. The molecule has 1 saturated heterocycles. The Balaban J connectivity index is 1.86. The predicted molar refractivity (Wildman–Crippen MR) is 48.3 cm³/mol. The first kappa shape index (κ1) is 8.40. The average molecular weight is 180 g/mol. The van der Waals surface area contributed by atoms with Gasteiger partial charge < -0.3 is 15.7 Å². The van der Waals surface area contributed by atoms with E-state index in [0.29, 0.717) is 19.6 Å². The van der Waals surface area contributed by atoms with Crippen molar-refractivity contribution in [3.63, 3.8) is 0 Å². The second-order valence-electron chi connectivity index (χ2n) is 3.28. The van der Waals surface area contributed by atoms with Crippen molar-refractivity contribution in [3.8, 4) is 0 Å². The van der Waals surface area contributed by atoms with Crippen molar-refractivity contribution in [2.45, 2.75) is 5.60 Å². The zero-order valence-corrected chi connectivity index (χ0v) is 7.20. The van der Waals surface area contributed by atoms with Crippen LogP contribution in [0.2, 0.25) is 0 Å². The summed E-state index contributed by atoms with van der Waals surface area (Å²) in [5.74, 6) is 0.746. The molecule has 1 fully saturated rings. The SMILES string of the molecule is OC1(CNc2ccncn2)CNC1. The smallest absolute Gasteiger partial charge is 0.129 e. The van der Waals surface area contributed by atoms with E-state index in [-0.39, 0.29) is 0 Å². The fourth-order valence-electron chi connectivity index (χ4n) is 1.19. The number of hydrogen-bond acceptors (Lipinski definition) is 5. The van der Waals surface area contributed by atoms with Gasteiger partial charge in [0.05, 0.1) is 0 Å². The van der Waals surface area contributed by atoms with E-state index in [0.717, 1.165) is 5.82 Å². The van der Waals surface area contributed by atoms with E-state index < -0.39 is 5.60 Å². The van der Waals surface area contributed by atoms with Crippen LogP contribution in [0.3, 0.4) is 0 Å². The Morgan fingerprint density at radius 2 is 2.46 bits per heavy atom. The van der Waals surface area contributed by atoms with Crippen molar-refractivity contribution < 1.29 is 5.11 Å². The summed E-state index contributed by atoms with van der Waals surface area (Å²) in [4.78, 5) is 7.78. The Morgan fingerprint density at radius 3 is 3.00 bits per heavy atom. The molecule has 2 rings (SSSR count). The van der Waals surface area contributed by atoms with E-state index in [9.17, 15) is 5.11 Å². The molecule has 70 valence electrons.